The van der Waals surface area contributed by atoms with E-state index < -0.39 is 5.03 Å². The number of rotatable bonds is 2. The Labute approximate surface area is 68.7 Å². The summed E-state index contributed by atoms with van der Waals surface area (Å²) in [5.41, 5.74) is 2.26. The highest BCUT2D eigenvalue weighted by molar-refractivity contribution is 5.95. The summed E-state index contributed by atoms with van der Waals surface area (Å²) in [6.07, 6.45) is 0. The first-order valence-electron chi connectivity index (χ1n) is 3.25. The number of benzene rings is 1. The first kappa shape index (κ1) is 8.19. The molecular weight excluding hydrogens is 158 g/mol. The van der Waals surface area contributed by atoms with E-state index in [-0.39, 0.29) is 5.84 Å². The molecule has 0 unspecified atom stereocenters. The predicted molar refractivity (Wildman–Crippen MR) is 43.4 cm³/mol. The van der Waals surface area contributed by atoms with Gasteiger partial charge in [0.05, 0.1) is 0 Å². The fourth-order valence-electron chi connectivity index (χ4n) is 0.761. The Bertz CT molecular complexity index is 297. The van der Waals surface area contributed by atoms with Crippen molar-refractivity contribution in [3.8, 4) is 0 Å². The van der Waals surface area contributed by atoms with E-state index in [1.54, 1.807) is 35.8 Å². The topological polar surface area (TPSA) is 79.0 Å². The third kappa shape index (κ3) is 2.05. The summed E-state index contributed by atoms with van der Waals surface area (Å²) in [6.45, 7) is 0. The van der Waals surface area contributed by atoms with Gasteiger partial charge < -0.3 is 0 Å². The van der Waals surface area contributed by atoms with Crippen molar-refractivity contribution in [2.24, 2.45) is 0 Å². The Hall–Kier alpha value is -1.91. The van der Waals surface area contributed by atoms with Gasteiger partial charge >= 0.3 is 0 Å². The van der Waals surface area contributed by atoms with Gasteiger partial charge in [0, 0.05) is 5.56 Å². The molecule has 0 fully saturated rings. The van der Waals surface area contributed by atoms with Crippen molar-refractivity contribution >= 4 is 5.84 Å². The lowest BCUT2D eigenvalue weighted by molar-refractivity contribution is -0.525. The van der Waals surface area contributed by atoms with Gasteiger partial charge in [-0.1, -0.05) is 35.8 Å². The minimum atomic E-state index is -0.755. The Morgan fingerprint density at radius 1 is 1.42 bits per heavy atom. The van der Waals surface area contributed by atoms with Gasteiger partial charge in [-0.3, -0.25) is 5.41 Å². The monoisotopic (exact) mass is 165 g/mol. The highest BCUT2D eigenvalue weighted by atomic mass is 16.7. The maximum atomic E-state index is 9.94. The normalized spacial score (nSPS) is 9.00. The second-order valence-corrected chi connectivity index (χ2v) is 2.11. The highest BCUT2D eigenvalue weighted by Crippen LogP contribution is 1.96. The van der Waals surface area contributed by atoms with Gasteiger partial charge in [-0.15, -0.1) is 0 Å². The average Bonchev–Trinajstić information content (AvgIpc) is 2.05. The van der Waals surface area contributed by atoms with E-state index >= 15 is 0 Å². The zero-order valence-corrected chi connectivity index (χ0v) is 6.15. The first-order chi connectivity index (χ1) is 5.70. The summed E-state index contributed by atoms with van der Waals surface area (Å²) < 4.78 is 0. The lowest BCUT2D eigenvalue weighted by Crippen LogP contribution is -2.29. The molecule has 0 spiro atoms. The van der Waals surface area contributed by atoms with Gasteiger partial charge in [0.2, 0.25) is 0 Å². The van der Waals surface area contributed by atoms with Crippen molar-refractivity contribution in [3.05, 3.63) is 46.0 Å². The van der Waals surface area contributed by atoms with Crippen molar-refractivity contribution < 1.29 is 5.03 Å². The molecular formula is C7H7N3O2. The first-order valence-corrected chi connectivity index (χ1v) is 3.25. The molecule has 0 aliphatic heterocycles. The number of nitrogens with zero attached hydrogens (tertiary/aromatic N) is 1. The summed E-state index contributed by atoms with van der Waals surface area (Å²) in [4.78, 5) is 9.94. The Morgan fingerprint density at radius 3 is 2.50 bits per heavy atom. The van der Waals surface area contributed by atoms with E-state index in [4.69, 9.17) is 5.41 Å². The quantitative estimate of drug-likeness (QED) is 0.294. The molecule has 1 aromatic carbocycles. The Morgan fingerprint density at radius 2 is 2.00 bits per heavy atom. The molecule has 12 heavy (non-hydrogen) atoms. The fourth-order valence-corrected chi connectivity index (χ4v) is 0.761. The van der Waals surface area contributed by atoms with Crippen LogP contribution in [0.15, 0.2) is 30.3 Å². The maximum Gasteiger partial charge on any atom is 0.190 e. The molecule has 0 atom stereocenters. The summed E-state index contributed by atoms with van der Waals surface area (Å²) in [7, 11) is 0. The van der Waals surface area contributed by atoms with Crippen LogP contribution in [0.3, 0.4) is 0 Å². The molecule has 0 radical (unpaired) electrons. The number of hydrazine groups is 1. The molecule has 0 heterocycles. The second-order valence-electron chi connectivity index (χ2n) is 2.11. The van der Waals surface area contributed by atoms with Crippen molar-refractivity contribution in [1.29, 1.82) is 5.41 Å². The van der Waals surface area contributed by atoms with Gasteiger partial charge in [-0.05, 0) is 0 Å². The van der Waals surface area contributed by atoms with E-state index in [1.807, 2.05) is 0 Å². The number of nitrogens with one attached hydrogen (secondary N) is 2. The lowest BCUT2D eigenvalue weighted by Gasteiger charge is -1.98. The van der Waals surface area contributed by atoms with Gasteiger partial charge in [-0.25, -0.2) is 10.1 Å². The van der Waals surface area contributed by atoms with Crippen molar-refractivity contribution in [2.75, 3.05) is 0 Å². The van der Waals surface area contributed by atoms with Crippen LogP contribution in [-0.4, -0.2) is 10.9 Å². The fraction of sp³-hybridized carbons (Fsp3) is 0. The molecule has 1 aromatic rings. The number of hydrogen-bond acceptors (Lipinski definition) is 3. The summed E-state index contributed by atoms with van der Waals surface area (Å²) in [6, 6.07) is 8.46. The SMILES string of the molecule is N=C(N[N+](=O)[O-])c1ccccc1. The van der Waals surface area contributed by atoms with Crippen molar-refractivity contribution in [3.63, 3.8) is 0 Å². The number of hydrogen-bond donors (Lipinski definition) is 2. The van der Waals surface area contributed by atoms with E-state index in [1.165, 1.54) is 0 Å². The van der Waals surface area contributed by atoms with Crippen LogP contribution in [0.5, 0.6) is 0 Å². The summed E-state index contributed by atoms with van der Waals surface area (Å²) in [5.74, 6) is -0.208. The molecule has 0 bridgehead atoms. The molecule has 0 saturated carbocycles. The second kappa shape index (κ2) is 3.47. The number of amidine groups is 1. The maximum absolute atomic E-state index is 9.94. The van der Waals surface area contributed by atoms with Crippen LogP contribution >= 0.6 is 0 Å². The average molecular weight is 165 g/mol. The summed E-state index contributed by atoms with van der Waals surface area (Å²) >= 11 is 0. The lowest BCUT2D eigenvalue weighted by atomic mass is 10.2. The van der Waals surface area contributed by atoms with Gasteiger partial charge in [0.15, 0.2) is 10.9 Å². The smallest absolute Gasteiger partial charge is 0.190 e. The van der Waals surface area contributed by atoms with Crippen LogP contribution in [0.25, 0.3) is 0 Å². The standard InChI is InChI=1S/C7H7N3O2/c8-7(9-10(11)12)6-4-2-1-3-5-6/h1-5H,(H2,8,9). The minimum absolute atomic E-state index is 0.208. The van der Waals surface area contributed by atoms with Crippen LogP contribution in [-0.2, 0) is 0 Å². The Kier molecular flexibility index (Phi) is 2.37. The summed E-state index contributed by atoms with van der Waals surface area (Å²) in [5, 5.41) is 16.4. The molecule has 0 amide bonds. The largest absolute Gasteiger partial charge is 0.279 e. The van der Waals surface area contributed by atoms with Crippen LogP contribution < -0.4 is 5.43 Å². The third-order valence-corrected chi connectivity index (χ3v) is 1.27. The van der Waals surface area contributed by atoms with E-state index in [0.717, 1.165) is 0 Å². The van der Waals surface area contributed by atoms with E-state index in [2.05, 4.69) is 0 Å². The molecule has 1 rings (SSSR count). The van der Waals surface area contributed by atoms with Gasteiger partial charge in [-0.2, -0.15) is 0 Å². The third-order valence-electron chi connectivity index (χ3n) is 1.27. The highest BCUT2D eigenvalue weighted by Gasteiger charge is 2.03. The zero-order valence-electron chi connectivity index (χ0n) is 6.15. The van der Waals surface area contributed by atoms with E-state index in [0.29, 0.717) is 5.56 Å². The molecule has 5 heteroatoms. The molecule has 0 aliphatic carbocycles. The van der Waals surface area contributed by atoms with Crippen LogP contribution in [0.1, 0.15) is 5.56 Å². The van der Waals surface area contributed by atoms with Crippen molar-refractivity contribution in [1.82, 2.24) is 5.43 Å². The van der Waals surface area contributed by atoms with E-state index in [9.17, 15) is 10.1 Å². The molecule has 5 nitrogen and oxygen atoms in total. The molecule has 0 aromatic heterocycles. The van der Waals surface area contributed by atoms with Crippen LogP contribution in [0, 0.1) is 15.5 Å². The molecule has 62 valence electrons. The molecule has 0 aliphatic rings. The van der Waals surface area contributed by atoms with Crippen molar-refractivity contribution in [2.45, 2.75) is 0 Å². The predicted octanol–water partition coefficient (Wildman–Crippen LogP) is 0.793. The van der Waals surface area contributed by atoms with Gasteiger partial charge in [0.25, 0.3) is 0 Å². The van der Waals surface area contributed by atoms with Gasteiger partial charge in [0.1, 0.15) is 0 Å². The molecule has 0 saturated heterocycles. The van der Waals surface area contributed by atoms with Crippen LogP contribution in [0.2, 0.25) is 0 Å². The minimum Gasteiger partial charge on any atom is -0.279 e. The molecule has 2 N–H and O–H groups in total. The zero-order chi connectivity index (χ0) is 8.97. The van der Waals surface area contributed by atoms with Crippen LogP contribution in [0.4, 0.5) is 0 Å². The number of nitro groups is 1. The Balaban J connectivity index is 2.73.